The van der Waals surface area contributed by atoms with Gasteiger partial charge < -0.3 is 5.32 Å². The van der Waals surface area contributed by atoms with Gasteiger partial charge in [0.1, 0.15) is 0 Å². The molecule has 0 saturated carbocycles. The number of hydrogen-bond donors (Lipinski definition) is 1. The first kappa shape index (κ1) is 19.9. The van der Waals surface area contributed by atoms with Crippen molar-refractivity contribution in [1.82, 2.24) is 4.31 Å². The molecule has 0 radical (unpaired) electrons. The molecule has 1 atom stereocenters. The third kappa shape index (κ3) is 4.51. The fourth-order valence-electron chi connectivity index (χ4n) is 3.38. The highest BCUT2D eigenvalue weighted by Crippen LogP contribution is 2.28. The first-order chi connectivity index (χ1) is 12.9. The second-order valence-electron chi connectivity index (χ2n) is 6.74. The summed E-state index contributed by atoms with van der Waals surface area (Å²) in [5.74, 6) is -0.208. The molecule has 1 heterocycles. The van der Waals surface area contributed by atoms with Gasteiger partial charge in [-0.25, -0.2) is 8.42 Å². The standard InChI is InChI=1S/C20H23ClN2O3S/c1-15-18(21)11-7-12-19(15)22-20(24)14-16-8-5-6-13-23(16)27(25,26)17-9-3-2-4-10-17/h2-4,7,9-12,16H,5-6,8,13-14H2,1H3,(H,22,24)/t16-/m0/s1. The lowest BCUT2D eigenvalue weighted by molar-refractivity contribution is -0.117. The molecule has 0 aliphatic carbocycles. The SMILES string of the molecule is Cc1c(Cl)cccc1NC(=O)C[C@@H]1CCCCN1S(=O)(=O)c1ccccc1. The second kappa shape index (κ2) is 8.42. The van der Waals surface area contributed by atoms with Gasteiger partial charge in [-0.1, -0.05) is 42.3 Å². The van der Waals surface area contributed by atoms with E-state index < -0.39 is 10.0 Å². The summed E-state index contributed by atoms with van der Waals surface area (Å²) in [4.78, 5) is 12.8. The zero-order valence-corrected chi connectivity index (χ0v) is 16.8. The van der Waals surface area contributed by atoms with Crippen molar-refractivity contribution >= 4 is 33.2 Å². The first-order valence-corrected chi connectivity index (χ1v) is 10.8. The number of amides is 1. The molecule has 1 aliphatic rings. The lowest BCUT2D eigenvalue weighted by Crippen LogP contribution is -2.45. The highest BCUT2D eigenvalue weighted by atomic mass is 35.5. The zero-order chi connectivity index (χ0) is 19.4. The fourth-order valence-corrected chi connectivity index (χ4v) is 5.27. The van der Waals surface area contributed by atoms with Crippen molar-refractivity contribution in [3.05, 3.63) is 59.1 Å². The van der Waals surface area contributed by atoms with Crippen LogP contribution in [0.4, 0.5) is 5.69 Å². The average Bonchev–Trinajstić information content (AvgIpc) is 2.66. The number of nitrogens with one attached hydrogen (secondary N) is 1. The monoisotopic (exact) mass is 406 g/mol. The molecule has 1 fully saturated rings. The van der Waals surface area contributed by atoms with Crippen LogP contribution >= 0.6 is 11.6 Å². The number of hydrogen-bond acceptors (Lipinski definition) is 3. The van der Waals surface area contributed by atoms with Gasteiger partial charge in [0, 0.05) is 29.7 Å². The third-order valence-corrected chi connectivity index (χ3v) is 7.26. The quantitative estimate of drug-likeness (QED) is 0.808. The largest absolute Gasteiger partial charge is 0.326 e. The van der Waals surface area contributed by atoms with Crippen molar-refractivity contribution in [2.24, 2.45) is 0 Å². The van der Waals surface area contributed by atoms with Gasteiger partial charge in [0.05, 0.1) is 4.90 Å². The van der Waals surface area contributed by atoms with Gasteiger partial charge in [-0.3, -0.25) is 4.79 Å². The predicted octanol–water partition coefficient (Wildman–Crippen LogP) is 4.22. The highest BCUT2D eigenvalue weighted by Gasteiger charge is 2.34. The Morgan fingerprint density at radius 2 is 1.89 bits per heavy atom. The van der Waals surface area contributed by atoms with Gasteiger partial charge in [0.25, 0.3) is 0 Å². The van der Waals surface area contributed by atoms with E-state index in [1.54, 1.807) is 48.5 Å². The number of anilines is 1. The molecule has 2 aromatic carbocycles. The Kier molecular flexibility index (Phi) is 6.19. The van der Waals surface area contributed by atoms with E-state index in [4.69, 9.17) is 11.6 Å². The van der Waals surface area contributed by atoms with Crippen molar-refractivity contribution < 1.29 is 13.2 Å². The zero-order valence-electron chi connectivity index (χ0n) is 15.2. The number of piperidine rings is 1. The Morgan fingerprint density at radius 1 is 1.15 bits per heavy atom. The smallest absolute Gasteiger partial charge is 0.243 e. The minimum atomic E-state index is -3.61. The number of carbonyl (C=O) groups excluding carboxylic acids is 1. The minimum Gasteiger partial charge on any atom is -0.326 e. The summed E-state index contributed by atoms with van der Waals surface area (Å²) in [6, 6.07) is 13.4. The van der Waals surface area contributed by atoms with Crippen LogP contribution in [-0.4, -0.2) is 31.2 Å². The minimum absolute atomic E-state index is 0.123. The maximum Gasteiger partial charge on any atom is 0.243 e. The van der Waals surface area contributed by atoms with Gasteiger partial charge in [0.15, 0.2) is 0 Å². The third-order valence-electron chi connectivity index (χ3n) is 4.89. The van der Waals surface area contributed by atoms with Crippen molar-refractivity contribution in [3.63, 3.8) is 0 Å². The van der Waals surface area contributed by atoms with Gasteiger partial charge in [0.2, 0.25) is 15.9 Å². The number of benzene rings is 2. The van der Waals surface area contributed by atoms with Gasteiger partial charge in [-0.2, -0.15) is 4.31 Å². The molecule has 1 aliphatic heterocycles. The normalized spacial score (nSPS) is 18.2. The van der Waals surface area contributed by atoms with E-state index in [2.05, 4.69) is 5.32 Å². The molecule has 1 amide bonds. The maximum atomic E-state index is 13.0. The van der Waals surface area contributed by atoms with Crippen LogP contribution in [0.2, 0.25) is 5.02 Å². The molecule has 2 aromatic rings. The van der Waals surface area contributed by atoms with E-state index >= 15 is 0 Å². The van der Waals surface area contributed by atoms with Crippen molar-refractivity contribution in [1.29, 1.82) is 0 Å². The van der Waals surface area contributed by atoms with Gasteiger partial charge >= 0.3 is 0 Å². The predicted molar refractivity (Wildman–Crippen MR) is 107 cm³/mol. The summed E-state index contributed by atoms with van der Waals surface area (Å²) < 4.78 is 27.5. The molecule has 0 unspecified atom stereocenters. The molecule has 1 saturated heterocycles. The highest BCUT2D eigenvalue weighted by molar-refractivity contribution is 7.89. The topological polar surface area (TPSA) is 66.5 Å². The van der Waals surface area contributed by atoms with E-state index in [1.165, 1.54) is 4.31 Å². The molecule has 3 rings (SSSR count). The Morgan fingerprint density at radius 3 is 2.63 bits per heavy atom. The maximum absolute atomic E-state index is 13.0. The lowest BCUT2D eigenvalue weighted by atomic mass is 10.0. The van der Waals surface area contributed by atoms with Gasteiger partial charge in [-0.15, -0.1) is 0 Å². The molecule has 7 heteroatoms. The average molecular weight is 407 g/mol. The van der Waals surface area contributed by atoms with E-state index in [0.29, 0.717) is 23.7 Å². The lowest BCUT2D eigenvalue weighted by Gasteiger charge is -2.34. The van der Waals surface area contributed by atoms with Crippen LogP contribution in [0, 0.1) is 6.92 Å². The van der Waals surface area contributed by atoms with Crippen LogP contribution in [0.25, 0.3) is 0 Å². The van der Waals surface area contributed by atoms with Crippen LogP contribution in [0.5, 0.6) is 0 Å². The van der Waals surface area contributed by atoms with Crippen LogP contribution < -0.4 is 5.32 Å². The molecular formula is C20H23ClN2O3S. The van der Waals surface area contributed by atoms with E-state index in [9.17, 15) is 13.2 Å². The molecular weight excluding hydrogens is 384 g/mol. The Bertz CT molecular complexity index is 916. The summed E-state index contributed by atoms with van der Waals surface area (Å²) >= 11 is 6.10. The summed E-state index contributed by atoms with van der Waals surface area (Å²) in [6.07, 6.45) is 2.51. The van der Waals surface area contributed by atoms with Crippen LogP contribution in [0.15, 0.2) is 53.4 Å². The van der Waals surface area contributed by atoms with E-state index in [-0.39, 0.29) is 23.3 Å². The number of sulfonamides is 1. The molecule has 144 valence electrons. The van der Waals surface area contributed by atoms with Crippen LogP contribution in [0.1, 0.15) is 31.2 Å². The molecule has 5 nitrogen and oxygen atoms in total. The Labute approximate surface area is 165 Å². The van der Waals surface area contributed by atoms with Gasteiger partial charge in [-0.05, 0) is 49.6 Å². The van der Waals surface area contributed by atoms with Crippen molar-refractivity contribution in [2.45, 2.75) is 43.5 Å². The Balaban J connectivity index is 1.76. The summed E-state index contributed by atoms with van der Waals surface area (Å²) in [6.45, 7) is 2.27. The number of halogens is 1. The number of carbonyl (C=O) groups is 1. The van der Waals surface area contributed by atoms with Crippen molar-refractivity contribution in [3.8, 4) is 0 Å². The van der Waals surface area contributed by atoms with E-state index in [0.717, 1.165) is 18.4 Å². The second-order valence-corrected chi connectivity index (χ2v) is 9.04. The Hall–Kier alpha value is -1.89. The number of rotatable bonds is 5. The summed E-state index contributed by atoms with van der Waals surface area (Å²) in [5.41, 5.74) is 1.45. The fraction of sp³-hybridized carbons (Fsp3) is 0.350. The molecule has 0 aromatic heterocycles. The molecule has 0 spiro atoms. The number of nitrogens with zero attached hydrogens (tertiary/aromatic N) is 1. The molecule has 27 heavy (non-hydrogen) atoms. The van der Waals surface area contributed by atoms with Crippen molar-refractivity contribution in [2.75, 3.05) is 11.9 Å². The van der Waals surface area contributed by atoms with Crippen LogP contribution in [0.3, 0.4) is 0 Å². The van der Waals surface area contributed by atoms with E-state index in [1.807, 2.05) is 6.92 Å². The summed E-state index contributed by atoms with van der Waals surface area (Å²) in [5, 5.41) is 3.45. The first-order valence-electron chi connectivity index (χ1n) is 9.01. The molecule has 1 N–H and O–H groups in total. The summed E-state index contributed by atoms with van der Waals surface area (Å²) in [7, 11) is -3.61. The molecule has 0 bridgehead atoms. The van der Waals surface area contributed by atoms with Crippen LogP contribution in [-0.2, 0) is 14.8 Å².